The second-order valence-electron chi connectivity index (χ2n) is 5.85. The third-order valence-electron chi connectivity index (χ3n) is 4.14. The predicted octanol–water partition coefficient (Wildman–Crippen LogP) is 2.14. The van der Waals surface area contributed by atoms with Crippen LogP contribution in [0.15, 0.2) is 22.7 Å². The lowest BCUT2D eigenvalue weighted by molar-refractivity contribution is -0.137. The van der Waals surface area contributed by atoms with Crippen LogP contribution < -0.4 is 16.1 Å². The van der Waals surface area contributed by atoms with E-state index in [4.69, 9.17) is 0 Å². The number of imide groups is 1. The van der Waals surface area contributed by atoms with Gasteiger partial charge in [0.25, 0.3) is 5.91 Å². The molecule has 1 aliphatic rings. The van der Waals surface area contributed by atoms with Crippen LogP contribution in [0.5, 0.6) is 0 Å². The Balaban J connectivity index is 2.10. The van der Waals surface area contributed by atoms with Crippen molar-refractivity contribution in [2.45, 2.75) is 39.1 Å². The number of carbonyl (C=O) groups excluding carboxylic acids is 2. The molecule has 0 bridgehead atoms. The Hall–Kier alpha value is -1.71. The third-order valence-corrected chi connectivity index (χ3v) is 4.63. The van der Waals surface area contributed by atoms with Crippen molar-refractivity contribution in [3.8, 4) is 0 Å². The van der Waals surface area contributed by atoms with E-state index in [0.717, 1.165) is 5.01 Å². The number of aliphatic hydroxyl groups is 1. The average molecular weight is 403 g/mol. The van der Waals surface area contributed by atoms with Crippen LogP contribution in [0.25, 0.3) is 0 Å². The highest BCUT2D eigenvalue weighted by molar-refractivity contribution is 9.10. The summed E-state index contributed by atoms with van der Waals surface area (Å²) in [5.74, 6) is -1.20. The van der Waals surface area contributed by atoms with Crippen LogP contribution in [-0.2, 0) is 4.79 Å². The smallest absolute Gasteiger partial charge is 0.340 e. The Morgan fingerprint density at radius 2 is 2.08 bits per heavy atom. The maximum Gasteiger partial charge on any atom is 0.340 e. The van der Waals surface area contributed by atoms with Gasteiger partial charge in [-0.25, -0.2) is 9.18 Å². The quantitative estimate of drug-likeness (QED) is 0.432. The van der Waals surface area contributed by atoms with Crippen LogP contribution in [0.3, 0.4) is 0 Å². The van der Waals surface area contributed by atoms with E-state index in [9.17, 15) is 19.1 Å². The van der Waals surface area contributed by atoms with Crippen molar-refractivity contribution in [3.63, 3.8) is 0 Å². The zero-order valence-corrected chi connectivity index (χ0v) is 15.1. The van der Waals surface area contributed by atoms with Crippen molar-refractivity contribution >= 4 is 33.6 Å². The fraction of sp³-hybridized carbons (Fsp3) is 0.467. The lowest BCUT2D eigenvalue weighted by atomic mass is 9.84. The van der Waals surface area contributed by atoms with E-state index < -0.39 is 29.6 Å². The van der Waals surface area contributed by atoms with Gasteiger partial charge in [0.2, 0.25) is 0 Å². The number of hydrogen-bond acceptors (Lipinski definition) is 5. The Kier molecular flexibility index (Phi) is 5.46. The van der Waals surface area contributed by atoms with Gasteiger partial charge >= 0.3 is 6.03 Å². The van der Waals surface area contributed by atoms with E-state index >= 15 is 0 Å². The zero-order valence-electron chi connectivity index (χ0n) is 13.6. The van der Waals surface area contributed by atoms with Gasteiger partial charge in [-0.1, -0.05) is 36.7 Å². The highest BCUT2D eigenvalue weighted by Gasteiger charge is 2.52. The van der Waals surface area contributed by atoms with E-state index in [1.807, 2.05) is 13.8 Å². The van der Waals surface area contributed by atoms with Gasteiger partial charge < -0.3 is 15.7 Å². The topological polar surface area (TPSA) is 93.7 Å². The molecule has 4 N–H and O–H groups in total. The highest BCUT2D eigenvalue weighted by Crippen LogP contribution is 2.28. The van der Waals surface area contributed by atoms with Crippen molar-refractivity contribution in [1.29, 1.82) is 0 Å². The third kappa shape index (κ3) is 3.38. The number of hydrazine groups is 1. The lowest BCUT2D eigenvalue weighted by Crippen LogP contribution is -2.54. The fourth-order valence-corrected chi connectivity index (χ4v) is 2.99. The van der Waals surface area contributed by atoms with Gasteiger partial charge in [-0.05, 0) is 30.5 Å². The predicted molar refractivity (Wildman–Crippen MR) is 90.1 cm³/mol. The van der Waals surface area contributed by atoms with Crippen molar-refractivity contribution in [2.24, 2.45) is 5.92 Å². The molecular weight excluding hydrogens is 383 g/mol. The molecule has 1 saturated heterocycles. The van der Waals surface area contributed by atoms with E-state index in [2.05, 4.69) is 32.0 Å². The molecule has 1 heterocycles. The molecule has 24 heavy (non-hydrogen) atoms. The molecule has 0 aliphatic carbocycles. The molecule has 3 amide bonds. The Bertz CT molecular complexity index is 658. The number of urea groups is 1. The van der Waals surface area contributed by atoms with Crippen LogP contribution in [0, 0.1) is 11.7 Å². The average Bonchev–Trinajstić information content (AvgIpc) is 2.75. The van der Waals surface area contributed by atoms with E-state index in [1.54, 1.807) is 13.0 Å². The van der Waals surface area contributed by atoms with Gasteiger partial charge in [-0.2, -0.15) is 10.4 Å². The highest BCUT2D eigenvalue weighted by atomic mass is 79.9. The summed E-state index contributed by atoms with van der Waals surface area (Å²) in [7, 11) is 0. The van der Waals surface area contributed by atoms with E-state index in [-0.39, 0.29) is 11.6 Å². The molecule has 2 rings (SSSR count). The Labute approximate surface area is 147 Å². The van der Waals surface area contributed by atoms with Gasteiger partial charge in [-0.15, -0.1) is 0 Å². The summed E-state index contributed by atoms with van der Waals surface area (Å²) in [5.41, 5.74) is 1.35. The van der Waals surface area contributed by atoms with Crippen LogP contribution in [-0.4, -0.2) is 33.9 Å². The minimum absolute atomic E-state index is 0.0240. The Morgan fingerprint density at radius 1 is 1.42 bits per heavy atom. The van der Waals surface area contributed by atoms with Crippen LogP contribution >= 0.6 is 15.9 Å². The molecule has 7 nitrogen and oxygen atoms in total. The monoisotopic (exact) mass is 402 g/mol. The van der Waals surface area contributed by atoms with Crippen LogP contribution in [0.2, 0.25) is 0 Å². The summed E-state index contributed by atoms with van der Waals surface area (Å²) in [5, 5.41) is 15.8. The summed E-state index contributed by atoms with van der Waals surface area (Å²) >= 11 is 3.13. The number of anilines is 1. The molecule has 1 aromatic carbocycles. The second kappa shape index (κ2) is 7.04. The molecule has 9 heteroatoms. The first-order valence-corrected chi connectivity index (χ1v) is 8.33. The molecule has 2 unspecified atom stereocenters. The Morgan fingerprint density at radius 3 is 2.58 bits per heavy atom. The van der Waals surface area contributed by atoms with Gasteiger partial charge in [0.15, 0.2) is 6.35 Å². The summed E-state index contributed by atoms with van der Waals surface area (Å²) in [4.78, 5) is 24.6. The van der Waals surface area contributed by atoms with Crippen molar-refractivity contribution in [3.05, 3.63) is 28.5 Å². The maximum absolute atomic E-state index is 13.8. The summed E-state index contributed by atoms with van der Waals surface area (Å²) in [6.45, 7) is 5.46. The lowest BCUT2D eigenvalue weighted by Gasteiger charge is -2.29. The van der Waals surface area contributed by atoms with E-state index in [0.29, 0.717) is 10.9 Å². The number of rotatable bonds is 6. The molecule has 0 saturated carbocycles. The number of hydrogen-bond donors (Lipinski definition) is 4. The first-order valence-electron chi connectivity index (χ1n) is 7.53. The first kappa shape index (κ1) is 18.6. The van der Waals surface area contributed by atoms with Gasteiger partial charge in [0, 0.05) is 4.47 Å². The number of benzene rings is 1. The van der Waals surface area contributed by atoms with Crippen LogP contribution in [0.4, 0.5) is 14.9 Å². The van der Waals surface area contributed by atoms with Crippen molar-refractivity contribution in [2.75, 3.05) is 5.32 Å². The largest absolute Gasteiger partial charge is 0.360 e. The zero-order chi connectivity index (χ0) is 18.1. The normalized spacial score (nSPS) is 22.0. The van der Waals surface area contributed by atoms with E-state index in [1.165, 1.54) is 12.1 Å². The molecule has 0 aromatic heterocycles. The van der Waals surface area contributed by atoms with Crippen molar-refractivity contribution < 1.29 is 19.1 Å². The van der Waals surface area contributed by atoms with Gasteiger partial charge in [0.1, 0.15) is 11.4 Å². The number of nitrogens with one attached hydrogen (secondary N) is 3. The number of amides is 3. The molecule has 1 aromatic rings. The minimum atomic E-state index is -1.53. The molecule has 1 aliphatic heterocycles. The summed E-state index contributed by atoms with van der Waals surface area (Å²) < 4.78 is 14.3. The van der Waals surface area contributed by atoms with Crippen molar-refractivity contribution in [1.82, 2.24) is 15.8 Å². The second-order valence-corrected chi connectivity index (χ2v) is 6.77. The number of nitrogens with zero attached hydrogens (tertiary/aromatic N) is 1. The summed E-state index contributed by atoms with van der Waals surface area (Å²) in [6, 6.07) is 3.57. The molecule has 132 valence electrons. The number of carbonyl (C=O) groups is 2. The standard InChI is InChI=1S/C15H20BrFN4O3/c1-4-15(8(2)3)12(22)21(14(24)19-15)20-13(23)18-11-6-5-9(16)7-10(11)17/h5-8,13,18,20,23H,4H2,1-3H3,(H,19,24). The molecule has 0 spiro atoms. The molecule has 0 radical (unpaired) electrons. The minimum Gasteiger partial charge on any atom is -0.360 e. The van der Waals surface area contributed by atoms with Crippen LogP contribution in [0.1, 0.15) is 27.2 Å². The maximum atomic E-state index is 13.8. The molecular formula is C15H20BrFN4O3. The van der Waals surface area contributed by atoms with Gasteiger partial charge in [0.05, 0.1) is 5.69 Å². The SMILES string of the molecule is CCC1(C(C)C)NC(=O)N(NC(O)Nc2ccc(Br)cc2F)C1=O. The summed E-state index contributed by atoms with van der Waals surface area (Å²) in [6.07, 6.45) is -1.12. The van der Waals surface area contributed by atoms with Gasteiger partial charge in [-0.3, -0.25) is 4.79 Å². The molecule has 2 atom stereocenters. The number of halogens is 2. The fourth-order valence-electron chi connectivity index (χ4n) is 2.66. The first-order chi connectivity index (χ1) is 11.2. The molecule has 1 fully saturated rings. The number of aliphatic hydroxyl groups excluding tert-OH is 1.